The number of methoxy groups -OCH3 is 1. The maximum atomic E-state index is 5.76. The molecule has 3 nitrogen and oxygen atoms in total. The first-order valence-electron chi connectivity index (χ1n) is 5.90. The average molecular weight is 216 g/mol. The lowest BCUT2D eigenvalue weighted by Crippen LogP contribution is -2.43. The highest BCUT2D eigenvalue weighted by Crippen LogP contribution is 2.17. The van der Waals surface area contributed by atoms with Gasteiger partial charge in [-0.05, 0) is 31.8 Å². The van der Waals surface area contributed by atoms with Crippen molar-refractivity contribution < 1.29 is 4.74 Å². The summed E-state index contributed by atoms with van der Waals surface area (Å²) in [5.74, 6) is 0. The zero-order valence-corrected chi connectivity index (χ0v) is 11.0. The van der Waals surface area contributed by atoms with Crippen LogP contribution in [0.15, 0.2) is 0 Å². The predicted molar refractivity (Wildman–Crippen MR) is 66.0 cm³/mol. The summed E-state index contributed by atoms with van der Waals surface area (Å²) in [5, 5.41) is 0. The van der Waals surface area contributed by atoms with Gasteiger partial charge >= 0.3 is 0 Å². The van der Waals surface area contributed by atoms with Crippen molar-refractivity contribution in [3.63, 3.8) is 0 Å². The second kappa shape index (κ2) is 7.20. The molecule has 0 saturated carbocycles. The molecule has 2 N–H and O–H groups in total. The third kappa shape index (κ3) is 6.13. The Morgan fingerprint density at radius 2 is 2.00 bits per heavy atom. The van der Waals surface area contributed by atoms with Crippen LogP contribution < -0.4 is 5.73 Å². The number of nitrogens with zero attached hydrogens (tertiary/aromatic N) is 1. The Balaban J connectivity index is 4.11. The Hall–Kier alpha value is -0.120. The first-order chi connectivity index (χ1) is 6.96. The molecule has 0 aliphatic heterocycles. The second-order valence-electron chi connectivity index (χ2n) is 5.06. The van der Waals surface area contributed by atoms with E-state index in [1.54, 1.807) is 7.11 Å². The minimum absolute atomic E-state index is 0.206. The van der Waals surface area contributed by atoms with Crippen LogP contribution in [0.4, 0.5) is 0 Å². The van der Waals surface area contributed by atoms with Crippen LogP contribution in [0.3, 0.4) is 0 Å². The third-order valence-electron chi connectivity index (χ3n) is 2.95. The van der Waals surface area contributed by atoms with Crippen molar-refractivity contribution in [2.45, 2.75) is 40.2 Å². The van der Waals surface area contributed by atoms with Crippen molar-refractivity contribution in [3.8, 4) is 0 Å². The lowest BCUT2D eigenvalue weighted by atomic mass is 9.92. The molecule has 0 rings (SSSR count). The summed E-state index contributed by atoms with van der Waals surface area (Å²) in [4.78, 5) is 2.48. The lowest BCUT2D eigenvalue weighted by Gasteiger charge is -2.35. The first kappa shape index (κ1) is 14.9. The van der Waals surface area contributed by atoms with E-state index in [1.165, 1.54) is 0 Å². The highest BCUT2D eigenvalue weighted by Gasteiger charge is 2.22. The van der Waals surface area contributed by atoms with Crippen LogP contribution >= 0.6 is 0 Å². The number of hydrogen-bond acceptors (Lipinski definition) is 3. The fraction of sp³-hybridized carbons (Fsp3) is 1.00. The summed E-state index contributed by atoms with van der Waals surface area (Å²) in [6, 6.07) is 0.570. The summed E-state index contributed by atoms with van der Waals surface area (Å²) in [7, 11) is 1.76. The summed E-state index contributed by atoms with van der Waals surface area (Å²) >= 11 is 0. The van der Waals surface area contributed by atoms with Gasteiger partial charge in [0.1, 0.15) is 0 Å². The molecular formula is C12H28N2O. The van der Waals surface area contributed by atoms with Crippen LogP contribution in [-0.2, 0) is 4.74 Å². The molecule has 0 aliphatic rings. The van der Waals surface area contributed by atoms with E-state index in [9.17, 15) is 0 Å². The number of hydrogen-bond donors (Lipinski definition) is 1. The quantitative estimate of drug-likeness (QED) is 0.671. The van der Waals surface area contributed by atoms with Gasteiger partial charge in [0.25, 0.3) is 0 Å². The second-order valence-corrected chi connectivity index (χ2v) is 5.06. The standard InChI is InChI=1S/C12H28N2O/c1-6-14(10-12(3,4)9-13)11(2)7-8-15-5/h11H,6-10,13H2,1-5H3. The minimum atomic E-state index is 0.206. The molecule has 15 heavy (non-hydrogen) atoms. The normalized spacial score (nSPS) is 14.6. The van der Waals surface area contributed by atoms with Gasteiger partial charge in [0, 0.05) is 26.3 Å². The fourth-order valence-electron chi connectivity index (χ4n) is 1.66. The Morgan fingerprint density at radius 1 is 1.40 bits per heavy atom. The van der Waals surface area contributed by atoms with Crippen LogP contribution in [0.25, 0.3) is 0 Å². The third-order valence-corrected chi connectivity index (χ3v) is 2.95. The molecule has 3 heteroatoms. The Bertz CT molecular complexity index is 160. The maximum Gasteiger partial charge on any atom is 0.0477 e. The van der Waals surface area contributed by atoms with Gasteiger partial charge in [-0.3, -0.25) is 0 Å². The van der Waals surface area contributed by atoms with E-state index in [0.29, 0.717) is 6.04 Å². The van der Waals surface area contributed by atoms with Crippen LogP contribution in [0, 0.1) is 5.41 Å². The molecule has 92 valence electrons. The molecule has 0 fully saturated rings. The number of nitrogens with two attached hydrogens (primary N) is 1. The predicted octanol–water partition coefficient (Wildman–Crippen LogP) is 1.72. The molecule has 0 aromatic heterocycles. The molecule has 0 spiro atoms. The van der Waals surface area contributed by atoms with Crippen molar-refractivity contribution in [2.75, 3.05) is 33.4 Å². The summed E-state index contributed by atoms with van der Waals surface area (Å²) in [6.07, 6.45) is 1.09. The Kier molecular flexibility index (Phi) is 7.14. The summed E-state index contributed by atoms with van der Waals surface area (Å²) in [6.45, 7) is 12.6. The molecule has 1 atom stereocenters. The van der Waals surface area contributed by atoms with Gasteiger partial charge in [0.15, 0.2) is 0 Å². The molecule has 0 bridgehead atoms. The topological polar surface area (TPSA) is 38.5 Å². The molecule has 0 aliphatic carbocycles. The van der Waals surface area contributed by atoms with E-state index in [4.69, 9.17) is 10.5 Å². The molecule has 0 radical (unpaired) electrons. The average Bonchev–Trinajstić information content (AvgIpc) is 2.22. The lowest BCUT2D eigenvalue weighted by molar-refractivity contribution is 0.111. The zero-order chi connectivity index (χ0) is 11.9. The van der Waals surface area contributed by atoms with E-state index in [0.717, 1.165) is 32.7 Å². The minimum Gasteiger partial charge on any atom is -0.385 e. The van der Waals surface area contributed by atoms with E-state index < -0.39 is 0 Å². The maximum absolute atomic E-state index is 5.76. The highest BCUT2D eigenvalue weighted by molar-refractivity contribution is 4.77. The van der Waals surface area contributed by atoms with Gasteiger partial charge in [0.2, 0.25) is 0 Å². The van der Waals surface area contributed by atoms with Crippen LogP contribution in [-0.4, -0.2) is 44.3 Å². The smallest absolute Gasteiger partial charge is 0.0477 e. The van der Waals surface area contributed by atoms with Crippen molar-refractivity contribution in [3.05, 3.63) is 0 Å². The van der Waals surface area contributed by atoms with Crippen molar-refractivity contribution >= 4 is 0 Å². The van der Waals surface area contributed by atoms with E-state index in [1.807, 2.05) is 0 Å². The SMILES string of the molecule is CCN(CC(C)(C)CN)C(C)CCOC. The molecule has 0 aromatic carbocycles. The molecule has 0 aromatic rings. The molecule has 1 unspecified atom stereocenters. The molecular weight excluding hydrogens is 188 g/mol. The van der Waals surface area contributed by atoms with Crippen LogP contribution in [0.5, 0.6) is 0 Å². The van der Waals surface area contributed by atoms with Crippen molar-refractivity contribution in [1.29, 1.82) is 0 Å². The molecule has 0 amide bonds. The Morgan fingerprint density at radius 3 is 2.40 bits per heavy atom. The van der Waals surface area contributed by atoms with E-state index >= 15 is 0 Å². The summed E-state index contributed by atoms with van der Waals surface area (Å²) in [5.41, 5.74) is 5.96. The van der Waals surface area contributed by atoms with Gasteiger partial charge in [-0.15, -0.1) is 0 Å². The molecule has 0 saturated heterocycles. The number of ether oxygens (including phenoxy) is 1. The van der Waals surface area contributed by atoms with Crippen molar-refractivity contribution in [2.24, 2.45) is 11.1 Å². The van der Waals surface area contributed by atoms with Crippen molar-refractivity contribution in [1.82, 2.24) is 4.90 Å². The van der Waals surface area contributed by atoms with Gasteiger partial charge in [-0.2, -0.15) is 0 Å². The fourth-order valence-corrected chi connectivity index (χ4v) is 1.66. The van der Waals surface area contributed by atoms with Gasteiger partial charge < -0.3 is 15.4 Å². The van der Waals surface area contributed by atoms with Gasteiger partial charge in [0.05, 0.1) is 0 Å². The largest absolute Gasteiger partial charge is 0.385 e. The van der Waals surface area contributed by atoms with Gasteiger partial charge in [-0.1, -0.05) is 20.8 Å². The number of rotatable bonds is 8. The van der Waals surface area contributed by atoms with Gasteiger partial charge in [-0.25, -0.2) is 0 Å². The first-order valence-corrected chi connectivity index (χ1v) is 5.90. The zero-order valence-electron chi connectivity index (χ0n) is 11.0. The van der Waals surface area contributed by atoms with E-state index in [-0.39, 0.29) is 5.41 Å². The molecule has 0 heterocycles. The summed E-state index contributed by atoms with van der Waals surface area (Å²) < 4.78 is 5.11. The highest BCUT2D eigenvalue weighted by atomic mass is 16.5. The van der Waals surface area contributed by atoms with E-state index in [2.05, 4.69) is 32.6 Å². The Labute approximate surface area is 95.0 Å². The van der Waals surface area contributed by atoms with Crippen LogP contribution in [0.1, 0.15) is 34.1 Å². The monoisotopic (exact) mass is 216 g/mol. The van der Waals surface area contributed by atoms with Crippen LogP contribution in [0.2, 0.25) is 0 Å².